The number of aromatic nitrogens is 2. The van der Waals surface area contributed by atoms with Crippen molar-refractivity contribution in [3.8, 4) is 10.6 Å². The molecule has 2 aromatic heterocycles. The number of aryl methyl sites for hydroxylation is 1. The Labute approximate surface area is 165 Å². The van der Waals surface area contributed by atoms with E-state index in [-0.39, 0.29) is 12.3 Å². The standard InChI is InChI=1S/C21H16ClN3OS/c1-13-2-8-17-18(10-13)27-21(25-17)15-4-6-16(7-5-15)24-20(26)11-14-3-9-19(22)23-12-14/h2-10,12H,11H2,1H3,(H,24,26). The molecule has 1 N–H and O–H groups in total. The fourth-order valence-electron chi connectivity index (χ4n) is 2.75. The van der Waals surface area contributed by atoms with Crippen LogP contribution in [0.5, 0.6) is 0 Å². The molecule has 0 aliphatic heterocycles. The molecule has 1 amide bonds. The Morgan fingerprint density at radius 3 is 2.67 bits per heavy atom. The molecule has 0 saturated heterocycles. The Morgan fingerprint density at radius 2 is 1.93 bits per heavy atom. The van der Waals surface area contributed by atoms with Crippen LogP contribution in [0.2, 0.25) is 5.15 Å². The summed E-state index contributed by atoms with van der Waals surface area (Å²) >= 11 is 7.43. The van der Waals surface area contributed by atoms with Gasteiger partial charge in [0.1, 0.15) is 10.2 Å². The number of amides is 1. The van der Waals surface area contributed by atoms with Crippen LogP contribution in [0.1, 0.15) is 11.1 Å². The van der Waals surface area contributed by atoms with Gasteiger partial charge in [-0.2, -0.15) is 0 Å². The Morgan fingerprint density at radius 1 is 1.11 bits per heavy atom. The zero-order valence-electron chi connectivity index (χ0n) is 14.6. The van der Waals surface area contributed by atoms with Crippen LogP contribution in [0.4, 0.5) is 5.69 Å². The first-order valence-corrected chi connectivity index (χ1v) is 9.64. The summed E-state index contributed by atoms with van der Waals surface area (Å²) < 4.78 is 1.18. The van der Waals surface area contributed by atoms with Gasteiger partial charge in [0.05, 0.1) is 16.6 Å². The van der Waals surface area contributed by atoms with Crippen molar-refractivity contribution in [1.82, 2.24) is 9.97 Å². The van der Waals surface area contributed by atoms with E-state index in [1.54, 1.807) is 29.7 Å². The second kappa shape index (κ2) is 7.47. The minimum atomic E-state index is -0.0951. The second-order valence-electron chi connectivity index (χ2n) is 6.28. The number of halogens is 1. The Kier molecular flexibility index (Phi) is 4.88. The van der Waals surface area contributed by atoms with Crippen molar-refractivity contribution in [3.05, 3.63) is 77.1 Å². The average Bonchev–Trinajstić information content (AvgIpc) is 3.07. The van der Waals surface area contributed by atoms with Crippen LogP contribution in [-0.2, 0) is 11.2 Å². The van der Waals surface area contributed by atoms with Crippen molar-refractivity contribution >= 4 is 44.7 Å². The third kappa shape index (κ3) is 4.15. The maximum atomic E-state index is 12.2. The van der Waals surface area contributed by atoms with Crippen molar-refractivity contribution in [2.45, 2.75) is 13.3 Å². The molecule has 2 heterocycles. The summed E-state index contributed by atoms with van der Waals surface area (Å²) in [5, 5.41) is 4.29. The highest BCUT2D eigenvalue weighted by Gasteiger charge is 2.08. The molecular formula is C21H16ClN3OS. The molecule has 0 unspecified atom stereocenters. The number of carbonyl (C=O) groups excluding carboxylic acids is 1. The Balaban J connectivity index is 1.46. The van der Waals surface area contributed by atoms with E-state index >= 15 is 0 Å². The average molecular weight is 394 g/mol. The van der Waals surface area contributed by atoms with Gasteiger partial charge in [-0.05, 0) is 60.5 Å². The van der Waals surface area contributed by atoms with Gasteiger partial charge in [0.2, 0.25) is 5.91 Å². The quantitative estimate of drug-likeness (QED) is 0.465. The fourth-order valence-corrected chi connectivity index (χ4v) is 3.93. The van der Waals surface area contributed by atoms with Gasteiger partial charge in [0.25, 0.3) is 0 Å². The molecule has 0 atom stereocenters. The summed E-state index contributed by atoms with van der Waals surface area (Å²) in [6.07, 6.45) is 1.86. The van der Waals surface area contributed by atoms with Crippen molar-refractivity contribution in [1.29, 1.82) is 0 Å². The number of benzene rings is 2. The summed E-state index contributed by atoms with van der Waals surface area (Å²) in [5.41, 5.74) is 4.84. The van der Waals surface area contributed by atoms with E-state index in [1.165, 1.54) is 10.3 Å². The molecule has 0 fully saturated rings. The molecule has 0 spiro atoms. The van der Waals surface area contributed by atoms with Crippen molar-refractivity contribution < 1.29 is 4.79 Å². The molecule has 6 heteroatoms. The molecule has 0 saturated carbocycles. The summed E-state index contributed by atoms with van der Waals surface area (Å²) in [5.74, 6) is -0.0951. The van der Waals surface area contributed by atoms with Gasteiger partial charge in [-0.15, -0.1) is 11.3 Å². The summed E-state index contributed by atoms with van der Waals surface area (Å²) in [6, 6.07) is 17.5. The zero-order valence-corrected chi connectivity index (χ0v) is 16.1. The molecule has 0 radical (unpaired) electrons. The Bertz CT molecular complexity index is 1100. The van der Waals surface area contributed by atoms with Gasteiger partial charge in [0.15, 0.2) is 0 Å². The van der Waals surface area contributed by atoms with E-state index in [0.29, 0.717) is 5.15 Å². The predicted molar refractivity (Wildman–Crippen MR) is 111 cm³/mol. The van der Waals surface area contributed by atoms with Crippen LogP contribution in [0.25, 0.3) is 20.8 Å². The van der Waals surface area contributed by atoms with E-state index in [0.717, 1.165) is 27.3 Å². The van der Waals surface area contributed by atoms with Gasteiger partial charge in [-0.25, -0.2) is 9.97 Å². The molecule has 4 nitrogen and oxygen atoms in total. The smallest absolute Gasteiger partial charge is 0.228 e. The Hall–Kier alpha value is -2.76. The topological polar surface area (TPSA) is 54.9 Å². The van der Waals surface area contributed by atoms with Gasteiger partial charge in [-0.3, -0.25) is 4.79 Å². The number of hydrogen-bond donors (Lipinski definition) is 1. The molecular weight excluding hydrogens is 378 g/mol. The van der Waals surface area contributed by atoms with E-state index in [1.807, 2.05) is 30.3 Å². The summed E-state index contributed by atoms with van der Waals surface area (Å²) in [6.45, 7) is 2.08. The number of fused-ring (bicyclic) bond motifs is 1. The maximum absolute atomic E-state index is 12.2. The molecule has 134 valence electrons. The molecule has 4 rings (SSSR count). The van der Waals surface area contributed by atoms with Crippen LogP contribution in [0.3, 0.4) is 0 Å². The SMILES string of the molecule is Cc1ccc2nc(-c3ccc(NC(=O)Cc4ccc(Cl)nc4)cc3)sc2c1. The predicted octanol–water partition coefficient (Wildman–Crippen LogP) is 5.50. The first kappa shape index (κ1) is 17.6. The lowest BCUT2D eigenvalue weighted by Gasteiger charge is -2.06. The minimum Gasteiger partial charge on any atom is -0.326 e. The lowest BCUT2D eigenvalue weighted by Crippen LogP contribution is -2.14. The van der Waals surface area contributed by atoms with E-state index in [4.69, 9.17) is 16.6 Å². The maximum Gasteiger partial charge on any atom is 0.228 e. The highest BCUT2D eigenvalue weighted by atomic mass is 35.5. The number of nitrogens with one attached hydrogen (secondary N) is 1. The van der Waals surface area contributed by atoms with Crippen molar-refractivity contribution in [2.75, 3.05) is 5.32 Å². The third-order valence-electron chi connectivity index (χ3n) is 4.11. The van der Waals surface area contributed by atoms with E-state index in [2.05, 4.69) is 29.4 Å². The molecule has 0 aliphatic carbocycles. The lowest BCUT2D eigenvalue weighted by molar-refractivity contribution is -0.115. The van der Waals surface area contributed by atoms with Crippen LogP contribution in [0, 0.1) is 6.92 Å². The largest absolute Gasteiger partial charge is 0.326 e. The number of pyridine rings is 1. The fraction of sp³-hybridized carbons (Fsp3) is 0.0952. The first-order valence-electron chi connectivity index (χ1n) is 8.45. The highest BCUT2D eigenvalue weighted by Crippen LogP contribution is 2.31. The highest BCUT2D eigenvalue weighted by molar-refractivity contribution is 7.21. The van der Waals surface area contributed by atoms with E-state index in [9.17, 15) is 4.79 Å². The molecule has 27 heavy (non-hydrogen) atoms. The van der Waals surface area contributed by atoms with Crippen LogP contribution < -0.4 is 5.32 Å². The van der Waals surface area contributed by atoms with Crippen LogP contribution in [0.15, 0.2) is 60.8 Å². The number of anilines is 1. The molecule has 0 bridgehead atoms. The number of hydrogen-bond acceptors (Lipinski definition) is 4. The van der Waals surface area contributed by atoms with Gasteiger partial charge < -0.3 is 5.32 Å². The number of thiazole rings is 1. The van der Waals surface area contributed by atoms with Gasteiger partial charge in [0, 0.05) is 17.4 Å². The van der Waals surface area contributed by atoms with Crippen LogP contribution in [-0.4, -0.2) is 15.9 Å². The van der Waals surface area contributed by atoms with Gasteiger partial charge >= 0.3 is 0 Å². The third-order valence-corrected chi connectivity index (χ3v) is 5.40. The molecule has 0 aliphatic rings. The number of nitrogens with zero attached hydrogens (tertiary/aromatic N) is 2. The lowest BCUT2D eigenvalue weighted by atomic mass is 10.2. The summed E-state index contributed by atoms with van der Waals surface area (Å²) in [7, 11) is 0. The van der Waals surface area contributed by atoms with Crippen LogP contribution >= 0.6 is 22.9 Å². The monoisotopic (exact) mass is 393 g/mol. The summed E-state index contributed by atoms with van der Waals surface area (Å²) in [4.78, 5) is 20.9. The normalized spacial score (nSPS) is 10.9. The zero-order chi connectivity index (χ0) is 18.8. The minimum absolute atomic E-state index is 0.0951. The number of rotatable bonds is 4. The number of carbonyl (C=O) groups is 1. The first-order chi connectivity index (χ1) is 13.1. The van der Waals surface area contributed by atoms with Crippen molar-refractivity contribution in [3.63, 3.8) is 0 Å². The van der Waals surface area contributed by atoms with Crippen molar-refractivity contribution in [2.24, 2.45) is 0 Å². The second-order valence-corrected chi connectivity index (χ2v) is 7.70. The molecule has 2 aromatic carbocycles. The van der Waals surface area contributed by atoms with Gasteiger partial charge in [-0.1, -0.05) is 23.7 Å². The van der Waals surface area contributed by atoms with E-state index < -0.39 is 0 Å². The molecule has 4 aromatic rings.